The van der Waals surface area contributed by atoms with Crippen LogP contribution in [-0.4, -0.2) is 17.4 Å². The Morgan fingerprint density at radius 1 is 1.14 bits per heavy atom. The molecule has 1 aromatic rings. The molecular formula is C17H26N2O3. The van der Waals surface area contributed by atoms with E-state index in [4.69, 9.17) is 0 Å². The molecule has 1 aromatic carbocycles. The fourth-order valence-electron chi connectivity index (χ4n) is 2.33. The molecule has 0 heterocycles. The minimum Gasteiger partial charge on any atom is -0.352 e. The van der Waals surface area contributed by atoms with Crippen LogP contribution in [0.15, 0.2) is 18.2 Å². The molecule has 0 aliphatic heterocycles. The largest absolute Gasteiger partial charge is 0.352 e. The number of benzene rings is 1. The van der Waals surface area contributed by atoms with Gasteiger partial charge in [0.2, 0.25) is 0 Å². The summed E-state index contributed by atoms with van der Waals surface area (Å²) < 4.78 is 0. The number of aryl methyl sites for hydroxylation is 1. The van der Waals surface area contributed by atoms with Gasteiger partial charge in [0.1, 0.15) is 0 Å². The van der Waals surface area contributed by atoms with E-state index in [-0.39, 0.29) is 11.6 Å². The van der Waals surface area contributed by atoms with E-state index in [1.165, 1.54) is 38.2 Å². The smallest absolute Gasteiger partial charge is 0.273 e. The number of carbonyl (C=O) groups is 1. The summed E-state index contributed by atoms with van der Waals surface area (Å²) >= 11 is 0. The lowest BCUT2D eigenvalue weighted by Gasteiger charge is -2.06. The first-order valence-electron chi connectivity index (χ1n) is 8.09. The van der Waals surface area contributed by atoms with Crippen molar-refractivity contribution < 1.29 is 9.72 Å². The van der Waals surface area contributed by atoms with Crippen molar-refractivity contribution in [1.82, 2.24) is 5.32 Å². The molecule has 0 aromatic heterocycles. The lowest BCUT2D eigenvalue weighted by atomic mass is 10.1. The number of nitro benzene ring substituents is 1. The lowest BCUT2D eigenvalue weighted by Crippen LogP contribution is -2.24. The van der Waals surface area contributed by atoms with Gasteiger partial charge in [-0.3, -0.25) is 14.9 Å². The molecule has 122 valence electrons. The minimum absolute atomic E-state index is 0.0106. The molecule has 0 radical (unpaired) electrons. The number of carbonyl (C=O) groups excluding carboxylic acids is 1. The highest BCUT2D eigenvalue weighted by atomic mass is 16.6. The number of unbranched alkanes of at least 4 members (excludes halogenated alkanes) is 6. The topological polar surface area (TPSA) is 72.2 Å². The standard InChI is InChI=1S/C17H26N2O3/c1-3-4-5-6-7-8-9-12-18-17(20)15-11-10-14(2)16(13-15)19(21)22/h10-11,13H,3-9,12H2,1-2H3,(H,18,20). The Morgan fingerprint density at radius 2 is 1.77 bits per heavy atom. The second kappa shape index (κ2) is 9.92. The van der Waals surface area contributed by atoms with Crippen molar-refractivity contribution >= 4 is 11.6 Å². The normalized spacial score (nSPS) is 10.5. The zero-order valence-electron chi connectivity index (χ0n) is 13.6. The van der Waals surface area contributed by atoms with E-state index in [1.807, 2.05) is 0 Å². The number of hydrogen-bond donors (Lipinski definition) is 1. The maximum absolute atomic E-state index is 12.0. The van der Waals surface area contributed by atoms with E-state index in [0.29, 0.717) is 17.7 Å². The molecule has 1 amide bonds. The summed E-state index contributed by atoms with van der Waals surface area (Å²) in [5, 5.41) is 13.7. The summed E-state index contributed by atoms with van der Waals surface area (Å²) in [5.41, 5.74) is 0.900. The summed E-state index contributed by atoms with van der Waals surface area (Å²) in [5.74, 6) is -0.242. The van der Waals surface area contributed by atoms with Gasteiger partial charge >= 0.3 is 0 Å². The average Bonchev–Trinajstić information content (AvgIpc) is 2.49. The number of rotatable bonds is 10. The first-order valence-corrected chi connectivity index (χ1v) is 8.09. The van der Waals surface area contributed by atoms with Crippen molar-refractivity contribution in [3.05, 3.63) is 39.4 Å². The summed E-state index contributed by atoms with van der Waals surface area (Å²) in [6, 6.07) is 4.58. The Hall–Kier alpha value is -1.91. The third-order valence-corrected chi connectivity index (χ3v) is 3.73. The van der Waals surface area contributed by atoms with Crippen LogP contribution >= 0.6 is 0 Å². The molecule has 1 N–H and O–H groups in total. The monoisotopic (exact) mass is 306 g/mol. The van der Waals surface area contributed by atoms with Gasteiger partial charge in [0.15, 0.2) is 0 Å². The molecule has 22 heavy (non-hydrogen) atoms. The lowest BCUT2D eigenvalue weighted by molar-refractivity contribution is -0.385. The van der Waals surface area contributed by atoms with Crippen LogP contribution in [-0.2, 0) is 0 Å². The van der Waals surface area contributed by atoms with Crippen molar-refractivity contribution in [1.29, 1.82) is 0 Å². The zero-order valence-corrected chi connectivity index (χ0v) is 13.6. The molecular weight excluding hydrogens is 280 g/mol. The van der Waals surface area contributed by atoms with Crippen molar-refractivity contribution in [2.24, 2.45) is 0 Å². The highest BCUT2D eigenvalue weighted by Gasteiger charge is 2.14. The van der Waals surface area contributed by atoms with Crippen LogP contribution in [0, 0.1) is 17.0 Å². The first kappa shape index (κ1) is 18.1. The molecule has 5 heteroatoms. The Bertz CT molecular complexity index is 501. The molecule has 0 fully saturated rings. The average molecular weight is 306 g/mol. The molecule has 0 saturated carbocycles. The predicted octanol–water partition coefficient (Wildman–Crippen LogP) is 4.38. The Labute approximate surface area is 132 Å². The van der Waals surface area contributed by atoms with Crippen LogP contribution in [0.3, 0.4) is 0 Å². The fraction of sp³-hybridized carbons (Fsp3) is 0.588. The maximum atomic E-state index is 12.0. The molecule has 1 rings (SSSR count). The molecule has 0 aliphatic rings. The molecule has 5 nitrogen and oxygen atoms in total. The van der Waals surface area contributed by atoms with Gasteiger partial charge in [-0.25, -0.2) is 0 Å². The van der Waals surface area contributed by atoms with Gasteiger partial charge in [0.25, 0.3) is 11.6 Å². The van der Waals surface area contributed by atoms with Gasteiger partial charge in [0.05, 0.1) is 4.92 Å². The highest BCUT2D eigenvalue weighted by Crippen LogP contribution is 2.19. The summed E-state index contributed by atoms with van der Waals surface area (Å²) in [6.45, 7) is 4.48. The maximum Gasteiger partial charge on any atom is 0.273 e. The molecule has 0 atom stereocenters. The van der Waals surface area contributed by atoms with Crippen LogP contribution < -0.4 is 5.32 Å². The van der Waals surface area contributed by atoms with E-state index < -0.39 is 4.92 Å². The molecule has 0 unspecified atom stereocenters. The highest BCUT2D eigenvalue weighted by molar-refractivity contribution is 5.94. The van der Waals surface area contributed by atoms with Crippen molar-refractivity contribution in [3.8, 4) is 0 Å². The molecule has 0 saturated heterocycles. The minimum atomic E-state index is -0.456. The van der Waals surface area contributed by atoms with E-state index in [9.17, 15) is 14.9 Å². The third-order valence-electron chi connectivity index (χ3n) is 3.73. The summed E-state index contributed by atoms with van der Waals surface area (Å²) in [7, 11) is 0. The number of amides is 1. The van der Waals surface area contributed by atoms with Gasteiger partial charge in [0, 0.05) is 23.7 Å². The van der Waals surface area contributed by atoms with E-state index in [1.54, 1.807) is 19.1 Å². The second-order valence-electron chi connectivity index (χ2n) is 5.64. The Morgan fingerprint density at radius 3 is 2.41 bits per heavy atom. The van der Waals surface area contributed by atoms with Crippen LogP contribution in [0.1, 0.15) is 67.8 Å². The molecule has 0 bridgehead atoms. The summed E-state index contributed by atoms with van der Waals surface area (Å²) in [6.07, 6.45) is 8.35. The molecule has 0 spiro atoms. The van der Waals surface area contributed by atoms with Crippen molar-refractivity contribution in [2.75, 3.05) is 6.54 Å². The number of nitro groups is 1. The van der Waals surface area contributed by atoms with Crippen molar-refractivity contribution in [3.63, 3.8) is 0 Å². The predicted molar refractivity (Wildman–Crippen MR) is 88.2 cm³/mol. The SMILES string of the molecule is CCCCCCCCCNC(=O)c1ccc(C)c([N+](=O)[O-])c1. The van der Waals surface area contributed by atoms with E-state index >= 15 is 0 Å². The number of hydrogen-bond acceptors (Lipinski definition) is 3. The van der Waals surface area contributed by atoms with Gasteiger partial charge in [-0.2, -0.15) is 0 Å². The first-order chi connectivity index (χ1) is 10.6. The number of nitrogens with zero attached hydrogens (tertiary/aromatic N) is 1. The van der Waals surface area contributed by atoms with Crippen LogP contribution in [0.4, 0.5) is 5.69 Å². The Balaban J connectivity index is 2.31. The van der Waals surface area contributed by atoms with E-state index in [0.717, 1.165) is 12.8 Å². The van der Waals surface area contributed by atoms with Crippen LogP contribution in [0.25, 0.3) is 0 Å². The van der Waals surface area contributed by atoms with Crippen LogP contribution in [0.5, 0.6) is 0 Å². The molecule has 0 aliphatic carbocycles. The van der Waals surface area contributed by atoms with Gasteiger partial charge < -0.3 is 5.32 Å². The zero-order chi connectivity index (χ0) is 16.4. The third kappa shape index (κ3) is 6.24. The van der Waals surface area contributed by atoms with Gasteiger partial charge in [-0.1, -0.05) is 51.5 Å². The Kier molecular flexibility index (Phi) is 8.18. The van der Waals surface area contributed by atoms with Crippen LogP contribution in [0.2, 0.25) is 0 Å². The fourth-order valence-corrected chi connectivity index (χ4v) is 2.33. The van der Waals surface area contributed by atoms with Gasteiger partial charge in [-0.05, 0) is 19.4 Å². The van der Waals surface area contributed by atoms with Crippen molar-refractivity contribution in [2.45, 2.75) is 58.8 Å². The second-order valence-corrected chi connectivity index (χ2v) is 5.64. The quantitative estimate of drug-likeness (QED) is 0.396. The van der Waals surface area contributed by atoms with E-state index in [2.05, 4.69) is 12.2 Å². The van der Waals surface area contributed by atoms with Gasteiger partial charge in [-0.15, -0.1) is 0 Å². The summed E-state index contributed by atoms with van der Waals surface area (Å²) in [4.78, 5) is 22.4. The number of nitrogens with one attached hydrogen (secondary N) is 1.